The molecule has 2 N–H and O–H groups in total. The number of rotatable bonds is 6. The van der Waals surface area contributed by atoms with Crippen molar-refractivity contribution in [1.29, 1.82) is 0 Å². The molecule has 1 aliphatic carbocycles. The second-order valence-electron chi connectivity index (χ2n) is 7.39. The summed E-state index contributed by atoms with van der Waals surface area (Å²) >= 11 is 0. The van der Waals surface area contributed by atoms with Gasteiger partial charge in [-0.25, -0.2) is 4.98 Å². The van der Waals surface area contributed by atoms with Gasteiger partial charge < -0.3 is 19.6 Å². The lowest BCUT2D eigenvalue weighted by atomic mass is 9.95. The molecule has 152 valence electrons. The number of nitrogens with zero attached hydrogens (tertiary/aromatic N) is 2. The fraction of sp³-hybridized carbons (Fsp3) is 0.429. The van der Waals surface area contributed by atoms with Crippen LogP contribution in [-0.4, -0.2) is 34.5 Å². The largest absolute Gasteiger partial charge is 0.463 e. The summed E-state index contributed by atoms with van der Waals surface area (Å²) in [4.78, 5) is 29.4. The van der Waals surface area contributed by atoms with Crippen molar-refractivity contribution in [2.75, 3.05) is 6.54 Å². The van der Waals surface area contributed by atoms with E-state index >= 15 is 0 Å². The van der Waals surface area contributed by atoms with E-state index in [-0.39, 0.29) is 36.5 Å². The van der Waals surface area contributed by atoms with Gasteiger partial charge in [-0.2, -0.15) is 0 Å². The van der Waals surface area contributed by atoms with Crippen molar-refractivity contribution in [2.45, 2.75) is 51.5 Å². The van der Waals surface area contributed by atoms with Gasteiger partial charge in [0.1, 0.15) is 5.69 Å². The molecule has 1 fully saturated rings. The third-order valence-corrected chi connectivity index (χ3v) is 5.24. The summed E-state index contributed by atoms with van der Waals surface area (Å²) in [5, 5.41) is 10.4. The molecule has 3 heterocycles. The number of pyridine rings is 1. The molecule has 0 atom stereocenters. The van der Waals surface area contributed by atoms with Crippen molar-refractivity contribution in [3.05, 3.63) is 35.7 Å². The number of furan rings is 1. The van der Waals surface area contributed by atoms with E-state index in [1.807, 2.05) is 0 Å². The van der Waals surface area contributed by atoms with Gasteiger partial charge in [-0.05, 0) is 38.0 Å². The van der Waals surface area contributed by atoms with Crippen LogP contribution in [0.2, 0.25) is 0 Å². The molecule has 0 aliphatic heterocycles. The van der Waals surface area contributed by atoms with Crippen LogP contribution >= 0.6 is 0 Å². The van der Waals surface area contributed by atoms with E-state index in [1.165, 1.54) is 12.7 Å². The zero-order chi connectivity index (χ0) is 20.2. The number of hydrogen-bond acceptors (Lipinski definition) is 6. The lowest BCUT2D eigenvalue weighted by molar-refractivity contribution is -0.121. The van der Waals surface area contributed by atoms with Crippen LogP contribution in [0, 0.1) is 6.92 Å². The molecule has 1 aliphatic rings. The fourth-order valence-corrected chi connectivity index (χ4v) is 3.76. The van der Waals surface area contributed by atoms with E-state index in [1.54, 1.807) is 25.1 Å². The van der Waals surface area contributed by atoms with Crippen LogP contribution < -0.4 is 10.6 Å². The maximum absolute atomic E-state index is 12.8. The van der Waals surface area contributed by atoms with Gasteiger partial charge in [0, 0.05) is 19.0 Å². The molecule has 0 spiro atoms. The Morgan fingerprint density at radius 1 is 1.24 bits per heavy atom. The van der Waals surface area contributed by atoms with Gasteiger partial charge in [0.05, 0.1) is 22.9 Å². The molecule has 0 bridgehead atoms. The fourth-order valence-electron chi connectivity index (χ4n) is 3.76. The Hall–Kier alpha value is -3.16. The summed E-state index contributed by atoms with van der Waals surface area (Å²) in [6, 6.07) is 5.43. The molecule has 3 aromatic rings. The Labute approximate surface area is 168 Å². The number of fused-ring (bicyclic) bond motifs is 1. The van der Waals surface area contributed by atoms with E-state index in [0.29, 0.717) is 28.1 Å². The highest BCUT2D eigenvalue weighted by molar-refractivity contribution is 6.06. The second-order valence-corrected chi connectivity index (χ2v) is 7.39. The minimum absolute atomic E-state index is 0.0329. The molecule has 0 saturated heterocycles. The van der Waals surface area contributed by atoms with Crippen molar-refractivity contribution < 1.29 is 18.5 Å². The molecule has 1 saturated carbocycles. The molecule has 2 amide bonds. The number of amides is 2. The van der Waals surface area contributed by atoms with Crippen molar-refractivity contribution in [3.8, 4) is 11.5 Å². The Bertz CT molecular complexity index is 1000. The summed E-state index contributed by atoms with van der Waals surface area (Å²) in [5.41, 5.74) is 1.74. The molecular formula is C21H24N4O4. The van der Waals surface area contributed by atoms with Crippen LogP contribution in [0.5, 0.6) is 0 Å². The Balaban J connectivity index is 1.44. The zero-order valence-corrected chi connectivity index (χ0v) is 16.4. The maximum Gasteiger partial charge on any atom is 0.259 e. The van der Waals surface area contributed by atoms with Crippen LogP contribution in [0.3, 0.4) is 0 Å². The van der Waals surface area contributed by atoms with E-state index in [2.05, 4.69) is 20.8 Å². The van der Waals surface area contributed by atoms with E-state index in [4.69, 9.17) is 8.94 Å². The summed E-state index contributed by atoms with van der Waals surface area (Å²) in [7, 11) is 0. The number of aryl methyl sites for hydroxylation is 1. The molecule has 4 rings (SSSR count). The molecule has 8 heteroatoms. The lowest BCUT2D eigenvalue weighted by Gasteiger charge is -2.22. The number of aromatic nitrogens is 2. The summed E-state index contributed by atoms with van der Waals surface area (Å²) in [5.74, 6) is 0.193. The van der Waals surface area contributed by atoms with Crippen molar-refractivity contribution in [2.24, 2.45) is 0 Å². The topological polar surface area (TPSA) is 110 Å². The monoisotopic (exact) mass is 396 g/mol. The first-order valence-corrected chi connectivity index (χ1v) is 10.0. The van der Waals surface area contributed by atoms with Crippen molar-refractivity contribution in [3.63, 3.8) is 0 Å². The van der Waals surface area contributed by atoms with Gasteiger partial charge in [-0.1, -0.05) is 24.4 Å². The van der Waals surface area contributed by atoms with E-state index in [0.717, 1.165) is 25.7 Å². The van der Waals surface area contributed by atoms with E-state index < -0.39 is 0 Å². The normalized spacial score (nSPS) is 14.8. The standard InChI is InChI=1S/C21H24N4O4/c1-13-19-15(12-16(17-8-5-11-28-17)24-21(19)29-25-13)20(27)22-10-9-18(26)23-14-6-3-2-4-7-14/h5,8,11-12,14H,2-4,6-7,9-10H2,1H3,(H,22,27)(H,23,26). The first-order chi connectivity index (χ1) is 14.1. The zero-order valence-electron chi connectivity index (χ0n) is 16.4. The van der Waals surface area contributed by atoms with Crippen LogP contribution in [0.4, 0.5) is 0 Å². The van der Waals surface area contributed by atoms with Gasteiger partial charge in [-0.15, -0.1) is 0 Å². The highest BCUT2D eigenvalue weighted by Gasteiger charge is 2.20. The predicted octanol–water partition coefficient (Wildman–Crippen LogP) is 3.36. The molecule has 8 nitrogen and oxygen atoms in total. The lowest BCUT2D eigenvalue weighted by Crippen LogP contribution is -2.38. The number of nitrogens with one attached hydrogen (secondary N) is 2. The Kier molecular flexibility index (Phi) is 5.59. The summed E-state index contributed by atoms with van der Waals surface area (Å²) in [6.45, 7) is 2.01. The SMILES string of the molecule is Cc1noc2nc(-c3ccco3)cc(C(=O)NCCC(=O)NC3CCCCC3)c12. The minimum atomic E-state index is -0.304. The minimum Gasteiger partial charge on any atom is -0.463 e. The highest BCUT2D eigenvalue weighted by atomic mass is 16.5. The van der Waals surface area contributed by atoms with Crippen molar-refractivity contribution >= 4 is 22.9 Å². The molecule has 3 aromatic heterocycles. The molecule has 29 heavy (non-hydrogen) atoms. The molecule has 0 unspecified atom stereocenters. The average molecular weight is 396 g/mol. The second kappa shape index (κ2) is 8.46. The highest BCUT2D eigenvalue weighted by Crippen LogP contribution is 2.27. The molecule has 0 radical (unpaired) electrons. The van der Waals surface area contributed by atoms with Gasteiger partial charge in [0.15, 0.2) is 5.76 Å². The van der Waals surface area contributed by atoms with Gasteiger partial charge >= 0.3 is 0 Å². The first-order valence-electron chi connectivity index (χ1n) is 10.0. The Morgan fingerprint density at radius 2 is 2.07 bits per heavy atom. The summed E-state index contributed by atoms with van der Waals surface area (Å²) in [6.07, 6.45) is 7.42. The number of hydrogen-bond donors (Lipinski definition) is 2. The first kappa shape index (κ1) is 19.2. The average Bonchev–Trinajstić information content (AvgIpc) is 3.38. The predicted molar refractivity (Wildman–Crippen MR) is 106 cm³/mol. The third kappa shape index (κ3) is 4.31. The van der Waals surface area contributed by atoms with Gasteiger partial charge in [-0.3, -0.25) is 9.59 Å². The van der Waals surface area contributed by atoms with Gasteiger partial charge in [0.2, 0.25) is 5.91 Å². The van der Waals surface area contributed by atoms with Crippen LogP contribution in [0.1, 0.15) is 54.6 Å². The smallest absolute Gasteiger partial charge is 0.259 e. The molecular weight excluding hydrogens is 372 g/mol. The summed E-state index contributed by atoms with van der Waals surface area (Å²) < 4.78 is 10.6. The number of carbonyl (C=O) groups excluding carboxylic acids is 2. The third-order valence-electron chi connectivity index (χ3n) is 5.24. The Morgan fingerprint density at radius 3 is 2.83 bits per heavy atom. The van der Waals surface area contributed by atoms with Gasteiger partial charge in [0.25, 0.3) is 11.6 Å². The quantitative estimate of drug-likeness (QED) is 0.661. The van der Waals surface area contributed by atoms with Crippen LogP contribution in [0.15, 0.2) is 33.4 Å². The van der Waals surface area contributed by atoms with E-state index in [9.17, 15) is 9.59 Å². The maximum atomic E-state index is 12.8. The van der Waals surface area contributed by atoms with Crippen LogP contribution in [0.25, 0.3) is 22.6 Å². The number of carbonyl (C=O) groups is 2. The molecule has 0 aromatic carbocycles. The van der Waals surface area contributed by atoms with Crippen molar-refractivity contribution in [1.82, 2.24) is 20.8 Å². The van der Waals surface area contributed by atoms with Crippen LogP contribution in [-0.2, 0) is 4.79 Å².